The second-order valence-electron chi connectivity index (χ2n) is 6.68. The molecular weight excluding hydrogens is 332 g/mol. The van der Waals surface area contributed by atoms with Gasteiger partial charge < -0.3 is 19.3 Å². The number of hydrogen-bond donors (Lipinski definition) is 0. The molecule has 2 rings (SSSR count). The fraction of sp³-hybridized carbons (Fsp3) is 0.600. The summed E-state index contributed by atoms with van der Waals surface area (Å²) in [7, 11) is 3.19. The predicted octanol–water partition coefficient (Wildman–Crippen LogP) is 2.42. The molecule has 0 bridgehead atoms. The first-order chi connectivity index (χ1) is 12.5. The molecule has 1 aliphatic rings. The topological polar surface area (TPSA) is 59.1 Å². The zero-order chi connectivity index (χ0) is 19.1. The van der Waals surface area contributed by atoms with Gasteiger partial charge in [-0.15, -0.1) is 0 Å². The Hall–Kier alpha value is -2.24. The highest BCUT2D eigenvalue weighted by Gasteiger charge is 2.22. The third-order valence-electron chi connectivity index (χ3n) is 4.85. The molecule has 2 amide bonds. The van der Waals surface area contributed by atoms with Crippen molar-refractivity contribution in [3.8, 4) is 11.5 Å². The molecule has 0 radical (unpaired) electrons. The van der Waals surface area contributed by atoms with E-state index in [0.717, 1.165) is 30.5 Å². The second kappa shape index (κ2) is 9.46. The van der Waals surface area contributed by atoms with Gasteiger partial charge in [-0.3, -0.25) is 9.59 Å². The maximum atomic E-state index is 12.8. The van der Waals surface area contributed by atoms with E-state index in [-0.39, 0.29) is 11.8 Å². The van der Waals surface area contributed by atoms with Crippen LogP contribution in [0.25, 0.3) is 0 Å². The minimum Gasteiger partial charge on any atom is -0.493 e. The molecular formula is C20H30N2O4. The fourth-order valence-electron chi connectivity index (χ4n) is 3.28. The monoisotopic (exact) mass is 362 g/mol. The van der Waals surface area contributed by atoms with E-state index in [1.807, 2.05) is 35.8 Å². The number of ether oxygens (including phenoxy) is 2. The van der Waals surface area contributed by atoms with Gasteiger partial charge in [0.25, 0.3) is 0 Å². The van der Waals surface area contributed by atoms with Crippen LogP contribution in [0.1, 0.15) is 37.3 Å². The van der Waals surface area contributed by atoms with Crippen molar-refractivity contribution in [3.63, 3.8) is 0 Å². The molecule has 0 N–H and O–H groups in total. The highest BCUT2D eigenvalue weighted by molar-refractivity contribution is 5.80. The molecule has 26 heavy (non-hydrogen) atoms. The van der Waals surface area contributed by atoms with Gasteiger partial charge in [0.05, 0.1) is 20.6 Å². The smallest absolute Gasteiger partial charge is 0.227 e. The third-order valence-corrected chi connectivity index (χ3v) is 4.85. The number of carbonyl (C=O) groups excluding carboxylic acids is 2. The van der Waals surface area contributed by atoms with Crippen LogP contribution in [0.15, 0.2) is 12.1 Å². The maximum Gasteiger partial charge on any atom is 0.227 e. The first-order valence-electron chi connectivity index (χ1n) is 9.27. The third kappa shape index (κ3) is 4.90. The zero-order valence-electron chi connectivity index (χ0n) is 16.3. The van der Waals surface area contributed by atoms with Gasteiger partial charge in [-0.25, -0.2) is 0 Å². The standard InChI is InChI=1S/C20H30N2O4/c1-5-7-19(23)21-8-6-9-22(11-10-21)20(24)14-16-13-18(26-4)17(25-3)12-15(16)2/h12-13H,5-11,14H2,1-4H3. The van der Waals surface area contributed by atoms with Crippen LogP contribution in [-0.4, -0.2) is 62.0 Å². The Kier molecular flexibility index (Phi) is 7.30. The van der Waals surface area contributed by atoms with E-state index in [1.54, 1.807) is 14.2 Å². The number of amides is 2. The van der Waals surface area contributed by atoms with Crippen molar-refractivity contribution in [2.24, 2.45) is 0 Å². The fourth-order valence-corrected chi connectivity index (χ4v) is 3.28. The largest absolute Gasteiger partial charge is 0.493 e. The van der Waals surface area contributed by atoms with Crippen LogP contribution in [0.3, 0.4) is 0 Å². The maximum absolute atomic E-state index is 12.8. The van der Waals surface area contributed by atoms with Gasteiger partial charge >= 0.3 is 0 Å². The molecule has 0 unspecified atom stereocenters. The normalized spacial score (nSPS) is 14.8. The summed E-state index contributed by atoms with van der Waals surface area (Å²) in [5.74, 6) is 1.58. The van der Waals surface area contributed by atoms with Crippen molar-refractivity contribution < 1.29 is 19.1 Å². The molecule has 0 aliphatic carbocycles. The highest BCUT2D eigenvalue weighted by atomic mass is 16.5. The molecule has 1 fully saturated rings. The van der Waals surface area contributed by atoms with E-state index in [2.05, 4.69) is 0 Å². The minimum atomic E-state index is 0.0881. The summed E-state index contributed by atoms with van der Waals surface area (Å²) in [4.78, 5) is 28.6. The second-order valence-corrected chi connectivity index (χ2v) is 6.68. The molecule has 1 aromatic rings. The van der Waals surface area contributed by atoms with Crippen LogP contribution >= 0.6 is 0 Å². The van der Waals surface area contributed by atoms with E-state index >= 15 is 0 Å². The number of hydrogen-bond acceptors (Lipinski definition) is 4. The molecule has 0 saturated carbocycles. The lowest BCUT2D eigenvalue weighted by molar-refractivity contribution is -0.133. The van der Waals surface area contributed by atoms with Crippen LogP contribution in [0.4, 0.5) is 0 Å². The lowest BCUT2D eigenvalue weighted by Gasteiger charge is -2.22. The number of rotatable bonds is 6. The molecule has 6 nitrogen and oxygen atoms in total. The summed E-state index contributed by atoms with van der Waals surface area (Å²) in [5.41, 5.74) is 1.95. The molecule has 144 valence electrons. The highest BCUT2D eigenvalue weighted by Crippen LogP contribution is 2.30. The van der Waals surface area contributed by atoms with E-state index in [1.165, 1.54) is 0 Å². The van der Waals surface area contributed by atoms with E-state index in [0.29, 0.717) is 44.0 Å². The van der Waals surface area contributed by atoms with Gasteiger partial charge in [-0.1, -0.05) is 6.92 Å². The molecule has 1 aliphatic heterocycles. The van der Waals surface area contributed by atoms with Crippen LogP contribution in [0.5, 0.6) is 11.5 Å². The molecule has 1 aromatic carbocycles. The lowest BCUT2D eigenvalue weighted by Crippen LogP contribution is -2.37. The molecule has 1 saturated heterocycles. The first-order valence-corrected chi connectivity index (χ1v) is 9.27. The Morgan fingerprint density at radius 1 is 0.962 bits per heavy atom. The molecule has 1 heterocycles. The average Bonchev–Trinajstić information content (AvgIpc) is 2.89. The number of benzene rings is 1. The van der Waals surface area contributed by atoms with Crippen molar-refractivity contribution in [2.45, 2.75) is 39.5 Å². The van der Waals surface area contributed by atoms with Gasteiger partial charge in [-0.2, -0.15) is 0 Å². The van der Waals surface area contributed by atoms with E-state index < -0.39 is 0 Å². The Bertz CT molecular complexity index is 645. The Morgan fingerprint density at radius 3 is 2.12 bits per heavy atom. The molecule has 0 atom stereocenters. The number of nitrogens with zero attached hydrogens (tertiary/aromatic N) is 2. The molecule has 0 aromatic heterocycles. The summed E-state index contributed by atoms with van der Waals surface area (Å²) in [6.07, 6.45) is 2.59. The van der Waals surface area contributed by atoms with Crippen LogP contribution in [-0.2, 0) is 16.0 Å². The van der Waals surface area contributed by atoms with Gasteiger partial charge in [-0.05, 0) is 43.0 Å². The summed E-state index contributed by atoms with van der Waals surface area (Å²) in [5, 5.41) is 0. The SMILES string of the molecule is CCCC(=O)N1CCCN(C(=O)Cc2cc(OC)c(OC)cc2C)CC1. The quantitative estimate of drug-likeness (QED) is 0.780. The lowest BCUT2D eigenvalue weighted by atomic mass is 10.0. The Labute approximate surface area is 156 Å². The molecule has 6 heteroatoms. The first kappa shape index (κ1) is 20.1. The van der Waals surface area contributed by atoms with Crippen molar-refractivity contribution in [1.29, 1.82) is 0 Å². The van der Waals surface area contributed by atoms with E-state index in [4.69, 9.17) is 9.47 Å². The number of methoxy groups -OCH3 is 2. The summed E-state index contributed by atoms with van der Waals surface area (Å²) >= 11 is 0. The Balaban J connectivity index is 2.03. The van der Waals surface area contributed by atoms with E-state index in [9.17, 15) is 9.59 Å². The van der Waals surface area contributed by atoms with Gasteiger partial charge in [0.2, 0.25) is 11.8 Å². The van der Waals surface area contributed by atoms with Crippen molar-refractivity contribution in [2.75, 3.05) is 40.4 Å². The number of aryl methyl sites for hydroxylation is 1. The van der Waals surface area contributed by atoms with Gasteiger partial charge in [0.15, 0.2) is 11.5 Å². The van der Waals surface area contributed by atoms with Crippen molar-refractivity contribution in [3.05, 3.63) is 23.3 Å². The summed E-state index contributed by atoms with van der Waals surface area (Å²) < 4.78 is 10.7. The zero-order valence-corrected chi connectivity index (χ0v) is 16.3. The predicted molar refractivity (Wildman–Crippen MR) is 101 cm³/mol. The van der Waals surface area contributed by atoms with Gasteiger partial charge in [0.1, 0.15) is 0 Å². The minimum absolute atomic E-state index is 0.0881. The van der Waals surface area contributed by atoms with Crippen LogP contribution in [0.2, 0.25) is 0 Å². The van der Waals surface area contributed by atoms with Crippen molar-refractivity contribution in [1.82, 2.24) is 9.80 Å². The molecule has 0 spiro atoms. The Morgan fingerprint density at radius 2 is 1.54 bits per heavy atom. The summed E-state index contributed by atoms with van der Waals surface area (Å²) in [6.45, 7) is 6.63. The van der Waals surface area contributed by atoms with Crippen LogP contribution < -0.4 is 9.47 Å². The van der Waals surface area contributed by atoms with Gasteiger partial charge in [0, 0.05) is 32.6 Å². The average molecular weight is 362 g/mol. The summed E-state index contributed by atoms with van der Waals surface area (Å²) in [6, 6.07) is 3.77. The van der Waals surface area contributed by atoms with Crippen LogP contribution in [0, 0.1) is 6.92 Å². The number of carbonyl (C=O) groups is 2. The van der Waals surface area contributed by atoms with Crippen molar-refractivity contribution >= 4 is 11.8 Å².